The van der Waals surface area contributed by atoms with Gasteiger partial charge in [0.05, 0.1) is 5.39 Å². The number of hydrogen-bond donors (Lipinski definition) is 2. The van der Waals surface area contributed by atoms with Crippen LogP contribution < -0.4 is 16.6 Å². The second-order valence-electron chi connectivity index (χ2n) is 5.60. The Balaban J connectivity index is 2.19. The smallest absolute Gasteiger partial charge is 0.264 e. The molecule has 2 aromatic rings. The van der Waals surface area contributed by atoms with Gasteiger partial charge in [-0.2, -0.15) is 0 Å². The van der Waals surface area contributed by atoms with E-state index >= 15 is 0 Å². The number of fused-ring (bicyclic) bond motifs is 3. The van der Waals surface area contributed by atoms with Crippen molar-refractivity contribution in [2.45, 2.75) is 38.6 Å². The van der Waals surface area contributed by atoms with Crippen molar-refractivity contribution in [3.8, 4) is 0 Å². The highest BCUT2D eigenvalue weighted by Gasteiger charge is 2.20. The fourth-order valence-corrected chi connectivity index (χ4v) is 4.28. The predicted octanol–water partition coefficient (Wildman–Crippen LogP) is 2.28. The minimum Gasteiger partial charge on any atom is -0.354 e. The molecule has 0 atom stereocenters. The number of nitrogens with two attached hydrogens (primary N) is 1. The Morgan fingerprint density at radius 2 is 2.18 bits per heavy atom. The molecule has 118 valence electrons. The van der Waals surface area contributed by atoms with Crippen molar-refractivity contribution in [3.63, 3.8) is 0 Å². The Morgan fingerprint density at radius 1 is 1.36 bits per heavy atom. The zero-order valence-corrected chi connectivity index (χ0v) is 13.5. The Labute approximate surface area is 133 Å². The molecule has 0 saturated carbocycles. The molecular formula is C16H22N4OS. The van der Waals surface area contributed by atoms with Gasteiger partial charge in [0.15, 0.2) is 0 Å². The summed E-state index contributed by atoms with van der Waals surface area (Å²) in [7, 11) is 0. The molecule has 0 bridgehead atoms. The van der Waals surface area contributed by atoms with Gasteiger partial charge in [-0.3, -0.25) is 9.36 Å². The van der Waals surface area contributed by atoms with Crippen LogP contribution in [0, 0.1) is 0 Å². The fourth-order valence-electron chi connectivity index (χ4n) is 3.03. The number of aryl methyl sites for hydroxylation is 2. The van der Waals surface area contributed by atoms with Crippen molar-refractivity contribution in [3.05, 3.63) is 33.4 Å². The van der Waals surface area contributed by atoms with Crippen molar-refractivity contribution in [2.75, 3.05) is 18.4 Å². The van der Waals surface area contributed by atoms with Gasteiger partial charge in [0.25, 0.3) is 5.56 Å². The number of rotatable bonds is 5. The van der Waals surface area contributed by atoms with Crippen LogP contribution in [0.2, 0.25) is 0 Å². The first-order valence-corrected chi connectivity index (χ1v) is 8.67. The van der Waals surface area contributed by atoms with E-state index in [9.17, 15) is 4.79 Å². The summed E-state index contributed by atoms with van der Waals surface area (Å²) < 4.78 is 1.67. The summed E-state index contributed by atoms with van der Waals surface area (Å²) in [5, 5.41) is 3.98. The Hall–Kier alpha value is -1.66. The van der Waals surface area contributed by atoms with Crippen LogP contribution in [0.15, 0.2) is 17.4 Å². The lowest BCUT2D eigenvalue weighted by Crippen LogP contribution is -2.26. The first-order chi connectivity index (χ1) is 10.8. The van der Waals surface area contributed by atoms with Crippen molar-refractivity contribution in [2.24, 2.45) is 5.73 Å². The van der Waals surface area contributed by atoms with Gasteiger partial charge in [0.2, 0.25) is 5.95 Å². The second-order valence-corrected chi connectivity index (χ2v) is 6.68. The lowest BCUT2D eigenvalue weighted by molar-refractivity contribution is 0.712. The third kappa shape index (κ3) is 2.68. The quantitative estimate of drug-likeness (QED) is 0.655. The van der Waals surface area contributed by atoms with Gasteiger partial charge in [-0.25, -0.2) is 4.98 Å². The van der Waals surface area contributed by atoms with Gasteiger partial charge < -0.3 is 11.1 Å². The van der Waals surface area contributed by atoms with E-state index < -0.39 is 0 Å². The fraction of sp³-hybridized carbons (Fsp3) is 0.500. The summed E-state index contributed by atoms with van der Waals surface area (Å²) in [4.78, 5) is 19.9. The van der Waals surface area contributed by atoms with E-state index in [0.717, 1.165) is 29.5 Å². The van der Waals surface area contributed by atoms with Crippen LogP contribution in [0.25, 0.3) is 10.2 Å². The van der Waals surface area contributed by atoms with Crippen molar-refractivity contribution in [1.29, 1.82) is 0 Å². The van der Waals surface area contributed by atoms with E-state index in [0.29, 0.717) is 25.6 Å². The highest BCUT2D eigenvalue weighted by molar-refractivity contribution is 7.18. The number of nitrogens with zero attached hydrogens (tertiary/aromatic N) is 2. The molecule has 2 aromatic heterocycles. The minimum atomic E-state index is 0.0452. The number of nitrogens with one attached hydrogen (secondary N) is 1. The number of thiophene rings is 1. The summed E-state index contributed by atoms with van der Waals surface area (Å²) in [6, 6.07) is 0. The minimum absolute atomic E-state index is 0.0452. The second kappa shape index (κ2) is 6.62. The van der Waals surface area contributed by atoms with Gasteiger partial charge in [0, 0.05) is 24.5 Å². The maximum Gasteiger partial charge on any atom is 0.264 e. The summed E-state index contributed by atoms with van der Waals surface area (Å²) in [6.45, 7) is 5.31. The molecule has 0 amide bonds. The third-order valence-corrected chi connectivity index (χ3v) is 5.25. The molecule has 0 fully saturated rings. The number of hydrogen-bond acceptors (Lipinski definition) is 5. The molecule has 2 heterocycles. The zero-order chi connectivity index (χ0) is 15.5. The van der Waals surface area contributed by atoms with E-state index in [1.807, 2.05) is 0 Å². The third-order valence-electron chi connectivity index (χ3n) is 4.06. The van der Waals surface area contributed by atoms with E-state index in [1.165, 1.54) is 23.3 Å². The average molecular weight is 318 g/mol. The maximum absolute atomic E-state index is 13.0. The van der Waals surface area contributed by atoms with Gasteiger partial charge in [-0.1, -0.05) is 12.5 Å². The molecule has 1 aliphatic rings. The summed E-state index contributed by atoms with van der Waals surface area (Å²) in [5.41, 5.74) is 6.83. The van der Waals surface area contributed by atoms with Gasteiger partial charge >= 0.3 is 0 Å². The molecule has 0 aliphatic heterocycles. The monoisotopic (exact) mass is 318 g/mol. The topological polar surface area (TPSA) is 72.9 Å². The predicted molar refractivity (Wildman–Crippen MR) is 92.9 cm³/mol. The van der Waals surface area contributed by atoms with Gasteiger partial charge in [-0.05, 0) is 31.2 Å². The van der Waals surface area contributed by atoms with Crippen LogP contribution in [0.3, 0.4) is 0 Å². The highest BCUT2D eigenvalue weighted by Crippen LogP contribution is 2.33. The molecule has 0 aromatic carbocycles. The van der Waals surface area contributed by atoms with Crippen LogP contribution >= 0.6 is 11.3 Å². The van der Waals surface area contributed by atoms with Crippen molar-refractivity contribution in [1.82, 2.24) is 9.55 Å². The van der Waals surface area contributed by atoms with Crippen LogP contribution in [-0.2, 0) is 19.4 Å². The van der Waals surface area contributed by atoms with Crippen LogP contribution in [0.5, 0.6) is 0 Å². The van der Waals surface area contributed by atoms with Crippen LogP contribution in [0.4, 0.5) is 5.95 Å². The van der Waals surface area contributed by atoms with E-state index in [4.69, 9.17) is 10.7 Å². The zero-order valence-electron chi connectivity index (χ0n) is 12.7. The van der Waals surface area contributed by atoms with Gasteiger partial charge in [-0.15, -0.1) is 17.9 Å². The lowest BCUT2D eigenvalue weighted by Gasteiger charge is -2.12. The molecule has 22 heavy (non-hydrogen) atoms. The first kappa shape index (κ1) is 15.2. The molecule has 0 radical (unpaired) electrons. The number of aromatic nitrogens is 2. The summed E-state index contributed by atoms with van der Waals surface area (Å²) >= 11 is 1.68. The Kier molecular flexibility index (Phi) is 4.59. The number of anilines is 1. The average Bonchev–Trinajstić information content (AvgIpc) is 2.70. The molecule has 5 nitrogen and oxygen atoms in total. The van der Waals surface area contributed by atoms with E-state index in [-0.39, 0.29) is 5.56 Å². The van der Waals surface area contributed by atoms with E-state index in [1.54, 1.807) is 22.0 Å². The Morgan fingerprint density at radius 3 is 2.95 bits per heavy atom. The standard InChI is InChI=1S/C16H22N4OS/c1-2-10-20-15(21)13-11-6-4-3-5-7-12(11)22-14(13)19-16(20)18-9-8-17/h2H,1,3-10,17H2,(H,18,19). The molecule has 3 rings (SSSR count). The SMILES string of the molecule is C=CCn1c(NCCN)nc2sc3c(c2c1=O)CCCCC3. The lowest BCUT2D eigenvalue weighted by atomic mass is 10.1. The van der Waals surface area contributed by atoms with E-state index in [2.05, 4.69) is 11.9 Å². The molecule has 3 N–H and O–H groups in total. The molecule has 6 heteroatoms. The van der Waals surface area contributed by atoms with Gasteiger partial charge in [0.1, 0.15) is 4.83 Å². The highest BCUT2D eigenvalue weighted by atomic mass is 32.1. The van der Waals surface area contributed by atoms with Crippen molar-refractivity contribution < 1.29 is 0 Å². The molecule has 0 spiro atoms. The maximum atomic E-state index is 13.0. The largest absolute Gasteiger partial charge is 0.354 e. The number of allylic oxidation sites excluding steroid dienone is 1. The summed E-state index contributed by atoms with van der Waals surface area (Å²) in [6.07, 6.45) is 7.41. The molecular weight excluding hydrogens is 296 g/mol. The normalized spacial score (nSPS) is 14.6. The van der Waals surface area contributed by atoms with Crippen molar-refractivity contribution >= 4 is 27.5 Å². The summed E-state index contributed by atoms with van der Waals surface area (Å²) in [5.74, 6) is 0.597. The van der Waals surface area contributed by atoms with Crippen LogP contribution in [-0.4, -0.2) is 22.6 Å². The molecule has 0 unspecified atom stereocenters. The Bertz CT molecular complexity index is 747. The first-order valence-electron chi connectivity index (χ1n) is 7.86. The molecule has 0 saturated heterocycles. The van der Waals surface area contributed by atoms with Crippen LogP contribution in [0.1, 0.15) is 29.7 Å². The molecule has 1 aliphatic carbocycles.